The Labute approximate surface area is 151 Å². The van der Waals surface area contributed by atoms with Crippen molar-refractivity contribution in [2.45, 2.75) is 12.5 Å². The summed E-state index contributed by atoms with van der Waals surface area (Å²) in [5, 5.41) is 14.4. The Bertz CT molecular complexity index is 896. The molecule has 136 valence electrons. The van der Waals surface area contributed by atoms with Crippen LogP contribution < -0.4 is 14.8 Å². The zero-order valence-corrected chi connectivity index (χ0v) is 14.9. The number of nitrogens with one attached hydrogen (secondary N) is 1. The molecule has 6 heteroatoms. The first-order chi connectivity index (χ1) is 12.4. The van der Waals surface area contributed by atoms with Crippen LogP contribution in [-0.2, 0) is 5.60 Å². The first-order valence-corrected chi connectivity index (χ1v) is 8.16. The van der Waals surface area contributed by atoms with Gasteiger partial charge in [0.15, 0.2) is 0 Å². The van der Waals surface area contributed by atoms with E-state index in [2.05, 4.69) is 5.32 Å². The van der Waals surface area contributed by atoms with Crippen LogP contribution in [0.25, 0.3) is 11.0 Å². The van der Waals surface area contributed by atoms with Crippen molar-refractivity contribution in [1.29, 1.82) is 0 Å². The Morgan fingerprint density at radius 3 is 2.62 bits per heavy atom. The lowest BCUT2D eigenvalue weighted by atomic mass is 10.0. The first-order valence-electron chi connectivity index (χ1n) is 8.16. The van der Waals surface area contributed by atoms with E-state index in [1.165, 1.54) is 7.11 Å². The molecule has 2 N–H and O–H groups in total. The maximum Gasteiger partial charge on any atom is 0.255 e. The number of hydrogen-bond acceptors (Lipinski definition) is 5. The van der Waals surface area contributed by atoms with Crippen LogP contribution in [0.2, 0.25) is 0 Å². The number of fused-ring (bicyclic) bond motifs is 1. The average Bonchev–Trinajstić information content (AvgIpc) is 3.11. The van der Waals surface area contributed by atoms with Crippen molar-refractivity contribution in [3.63, 3.8) is 0 Å². The monoisotopic (exact) mass is 355 g/mol. The molecule has 1 aromatic heterocycles. The van der Waals surface area contributed by atoms with Crippen LogP contribution in [0.15, 0.2) is 52.9 Å². The number of methoxy groups -OCH3 is 2. The second-order valence-electron chi connectivity index (χ2n) is 6.17. The van der Waals surface area contributed by atoms with Crippen LogP contribution in [0, 0.1) is 0 Å². The highest BCUT2D eigenvalue weighted by Crippen LogP contribution is 2.28. The van der Waals surface area contributed by atoms with Crippen molar-refractivity contribution in [3.8, 4) is 11.5 Å². The fourth-order valence-corrected chi connectivity index (χ4v) is 2.67. The van der Waals surface area contributed by atoms with Crippen molar-refractivity contribution in [1.82, 2.24) is 5.32 Å². The number of amides is 1. The van der Waals surface area contributed by atoms with Crippen LogP contribution in [-0.4, -0.2) is 31.8 Å². The van der Waals surface area contributed by atoms with E-state index in [1.54, 1.807) is 38.3 Å². The predicted molar refractivity (Wildman–Crippen MR) is 97.7 cm³/mol. The molecule has 0 aliphatic heterocycles. The predicted octanol–water partition coefficient (Wildman–Crippen LogP) is 3.09. The molecule has 3 aromatic rings. The highest BCUT2D eigenvalue weighted by molar-refractivity contribution is 5.97. The van der Waals surface area contributed by atoms with Gasteiger partial charge in [0, 0.05) is 11.5 Å². The van der Waals surface area contributed by atoms with E-state index < -0.39 is 5.60 Å². The minimum absolute atomic E-state index is 0.0131. The van der Waals surface area contributed by atoms with E-state index in [0.717, 1.165) is 5.39 Å². The van der Waals surface area contributed by atoms with Gasteiger partial charge in [-0.3, -0.25) is 4.79 Å². The van der Waals surface area contributed by atoms with Gasteiger partial charge in [0.05, 0.1) is 26.3 Å². The Balaban J connectivity index is 1.75. The van der Waals surface area contributed by atoms with Gasteiger partial charge in [-0.25, -0.2) is 0 Å². The molecule has 3 rings (SSSR count). The summed E-state index contributed by atoms with van der Waals surface area (Å²) in [5.41, 5.74) is -0.311. The Kier molecular flexibility index (Phi) is 4.86. The molecule has 0 radical (unpaired) electrons. The summed E-state index contributed by atoms with van der Waals surface area (Å²) in [5.74, 6) is 1.01. The average molecular weight is 355 g/mol. The fraction of sp³-hybridized carbons (Fsp3) is 0.250. The second-order valence-corrected chi connectivity index (χ2v) is 6.17. The topological polar surface area (TPSA) is 80.9 Å². The van der Waals surface area contributed by atoms with Gasteiger partial charge >= 0.3 is 0 Å². The van der Waals surface area contributed by atoms with Crippen molar-refractivity contribution in [3.05, 3.63) is 59.9 Å². The molecule has 2 aromatic carbocycles. The number of ether oxygens (including phenoxy) is 2. The number of carbonyl (C=O) groups excluding carboxylic acids is 1. The summed E-state index contributed by atoms with van der Waals surface area (Å²) in [4.78, 5) is 12.5. The van der Waals surface area contributed by atoms with Crippen LogP contribution in [0.4, 0.5) is 0 Å². The van der Waals surface area contributed by atoms with Crippen LogP contribution in [0.3, 0.4) is 0 Å². The lowest BCUT2D eigenvalue weighted by Gasteiger charge is -2.21. The molecule has 0 spiro atoms. The largest absolute Gasteiger partial charge is 0.497 e. The van der Waals surface area contributed by atoms with Gasteiger partial charge in [-0.1, -0.05) is 18.2 Å². The molecule has 1 unspecified atom stereocenters. The molecule has 0 saturated heterocycles. The van der Waals surface area contributed by atoms with Crippen molar-refractivity contribution >= 4 is 16.9 Å². The highest BCUT2D eigenvalue weighted by atomic mass is 16.5. The van der Waals surface area contributed by atoms with Gasteiger partial charge in [0.1, 0.15) is 28.4 Å². The Hall–Kier alpha value is -2.99. The Morgan fingerprint density at radius 2 is 1.92 bits per heavy atom. The number of aliphatic hydroxyl groups is 1. The maximum atomic E-state index is 12.5. The lowest BCUT2D eigenvalue weighted by molar-refractivity contribution is 0.0344. The van der Waals surface area contributed by atoms with E-state index in [-0.39, 0.29) is 12.5 Å². The van der Waals surface area contributed by atoms with Gasteiger partial charge in [-0.05, 0) is 31.2 Å². The van der Waals surface area contributed by atoms with Crippen LogP contribution >= 0.6 is 0 Å². The molecule has 0 aliphatic rings. The van der Waals surface area contributed by atoms with Gasteiger partial charge in [-0.15, -0.1) is 0 Å². The number of benzene rings is 2. The molecule has 1 heterocycles. The van der Waals surface area contributed by atoms with Crippen molar-refractivity contribution in [2.75, 3.05) is 20.8 Å². The molecule has 26 heavy (non-hydrogen) atoms. The smallest absolute Gasteiger partial charge is 0.255 e. The molecule has 6 nitrogen and oxygen atoms in total. The molecule has 1 amide bonds. The lowest BCUT2D eigenvalue weighted by Crippen LogP contribution is -2.38. The molecule has 0 bridgehead atoms. The van der Waals surface area contributed by atoms with Gasteiger partial charge < -0.3 is 24.3 Å². The summed E-state index contributed by atoms with van der Waals surface area (Å²) in [6.45, 7) is 1.58. The third-order valence-corrected chi connectivity index (χ3v) is 4.20. The molecule has 1 atom stereocenters. The molecular weight excluding hydrogens is 334 g/mol. The normalized spacial score (nSPS) is 13.2. The summed E-state index contributed by atoms with van der Waals surface area (Å²) in [6.07, 6.45) is 0. The summed E-state index contributed by atoms with van der Waals surface area (Å²) < 4.78 is 16.1. The fourth-order valence-electron chi connectivity index (χ4n) is 2.67. The number of hydrogen-bond donors (Lipinski definition) is 2. The number of para-hydroxylation sites is 1. The molecule has 0 aliphatic carbocycles. The van der Waals surface area contributed by atoms with E-state index in [4.69, 9.17) is 13.9 Å². The third kappa shape index (κ3) is 3.50. The molecule has 0 fully saturated rings. The number of rotatable bonds is 6. The van der Waals surface area contributed by atoms with Crippen molar-refractivity contribution < 1.29 is 23.8 Å². The van der Waals surface area contributed by atoms with Gasteiger partial charge in [0.25, 0.3) is 5.91 Å². The maximum absolute atomic E-state index is 12.5. The number of furan rings is 1. The summed E-state index contributed by atoms with van der Waals surface area (Å²) >= 11 is 0. The Morgan fingerprint density at radius 1 is 1.15 bits per heavy atom. The van der Waals surface area contributed by atoms with Gasteiger partial charge in [0.2, 0.25) is 0 Å². The molecular formula is C20H21NO5. The zero-order valence-electron chi connectivity index (χ0n) is 14.9. The van der Waals surface area contributed by atoms with E-state index >= 15 is 0 Å². The van der Waals surface area contributed by atoms with E-state index in [0.29, 0.717) is 28.4 Å². The third-order valence-electron chi connectivity index (χ3n) is 4.20. The quantitative estimate of drug-likeness (QED) is 0.710. The standard InChI is InChI=1S/C20H21NO5/c1-20(23,18-10-13-6-4-5-7-16(13)26-18)12-21-19(22)15-9-8-14(24-2)11-17(15)25-3/h4-11,23H,12H2,1-3H3,(H,21,22). The minimum atomic E-state index is -1.35. The van der Waals surface area contributed by atoms with Crippen LogP contribution in [0.5, 0.6) is 11.5 Å². The summed E-state index contributed by atoms with van der Waals surface area (Å²) in [7, 11) is 3.02. The minimum Gasteiger partial charge on any atom is -0.497 e. The first kappa shape index (κ1) is 17.8. The van der Waals surface area contributed by atoms with Crippen LogP contribution in [0.1, 0.15) is 23.0 Å². The SMILES string of the molecule is COc1ccc(C(=O)NCC(C)(O)c2cc3ccccc3o2)c(OC)c1. The number of carbonyl (C=O) groups is 1. The van der Waals surface area contributed by atoms with E-state index in [1.807, 2.05) is 24.3 Å². The van der Waals surface area contributed by atoms with Gasteiger partial charge in [-0.2, -0.15) is 0 Å². The highest BCUT2D eigenvalue weighted by Gasteiger charge is 2.28. The molecule has 0 saturated carbocycles. The second kappa shape index (κ2) is 7.09. The zero-order chi connectivity index (χ0) is 18.7. The summed E-state index contributed by atoms with van der Waals surface area (Å²) in [6, 6.07) is 14.2. The van der Waals surface area contributed by atoms with Crippen molar-refractivity contribution in [2.24, 2.45) is 0 Å². The van der Waals surface area contributed by atoms with E-state index in [9.17, 15) is 9.90 Å².